The smallest absolute Gasteiger partial charge is 0.260 e. The lowest BCUT2D eigenvalue weighted by atomic mass is 10.1. The normalized spacial score (nSPS) is 13.8. The summed E-state index contributed by atoms with van der Waals surface area (Å²) in [5, 5.41) is 0.603. The molecule has 0 aliphatic carbocycles. The molecule has 1 fully saturated rings. The van der Waals surface area contributed by atoms with Gasteiger partial charge in [-0.3, -0.25) is 24.2 Å². The lowest BCUT2D eigenvalue weighted by molar-refractivity contribution is -0.121. The molecule has 0 spiro atoms. The van der Waals surface area contributed by atoms with Gasteiger partial charge in [0, 0.05) is 24.9 Å². The number of imide groups is 1. The summed E-state index contributed by atoms with van der Waals surface area (Å²) in [6.45, 7) is 3.82. The number of nitrogens with zero attached hydrogens (tertiary/aromatic N) is 4. The highest BCUT2D eigenvalue weighted by atomic mass is 32.1. The van der Waals surface area contributed by atoms with E-state index in [1.165, 1.54) is 16.2 Å². The van der Waals surface area contributed by atoms with Gasteiger partial charge in [-0.15, -0.1) is 0 Å². The van der Waals surface area contributed by atoms with Crippen LogP contribution >= 0.6 is 11.3 Å². The van der Waals surface area contributed by atoms with Crippen LogP contribution in [0, 0.1) is 0 Å². The van der Waals surface area contributed by atoms with Gasteiger partial charge in [0.2, 0.25) is 11.8 Å². The molecule has 0 saturated carbocycles. The summed E-state index contributed by atoms with van der Waals surface area (Å²) in [6.07, 6.45) is 1.16. The average molecular weight is 481 g/mol. The van der Waals surface area contributed by atoms with Gasteiger partial charge >= 0.3 is 0 Å². The van der Waals surface area contributed by atoms with Gasteiger partial charge in [-0.25, -0.2) is 4.98 Å². The van der Waals surface area contributed by atoms with Crippen LogP contribution in [0.15, 0.2) is 42.5 Å². The molecule has 3 aromatic rings. The van der Waals surface area contributed by atoms with Crippen molar-refractivity contribution in [2.45, 2.75) is 26.2 Å². The largest absolute Gasteiger partial charge is 0.494 e. The van der Waals surface area contributed by atoms with Crippen LogP contribution < -0.4 is 14.5 Å². The molecule has 178 valence electrons. The summed E-state index contributed by atoms with van der Waals surface area (Å²) < 4.78 is 6.54. The van der Waals surface area contributed by atoms with Crippen LogP contribution in [0.3, 0.4) is 0 Å². The van der Waals surface area contributed by atoms with Crippen LogP contribution in [0.1, 0.15) is 36.5 Å². The first kappa shape index (κ1) is 23.8. The van der Waals surface area contributed by atoms with E-state index in [-0.39, 0.29) is 30.6 Å². The second kappa shape index (κ2) is 10.3. The zero-order valence-electron chi connectivity index (χ0n) is 19.6. The number of thiazole rings is 1. The number of carbonyl (C=O) groups is 3. The van der Waals surface area contributed by atoms with Gasteiger partial charge in [0.15, 0.2) is 5.13 Å². The molecule has 1 aromatic heterocycles. The molecular weight excluding hydrogens is 452 g/mol. The van der Waals surface area contributed by atoms with Crippen molar-refractivity contribution in [3.63, 3.8) is 0 Å². The number of rotatable bonds is 9. The molecular formula is C25H28N4O4S. The number of benzene rings is 2. The number of amides is 3. The van der Waals surface area contributed by atoms with E-state index in [1.54, 1.807) is 29.2 Å². The van der Waals surface area contributed by atoms with Crippen LogP contribution in [0.25, 0.3) is 10.2 Å². The first-order chi connectivity index (χ1) is 16.4. The van der Waals surface area contributed by atoms with E-state index in [9.17, 15) is 14.4 Å². The summed E-state index contributed by atoms with van der Waals surface area (Å²) in [5.74, 6) is 0.0644. The molecule has 4 rings (SSSR count). The van der Waals surface area contributed by atoms with E-state index in [1.807, 2.05) is 39.2 Å². The Hall–Kier alpha value is -3.30. The second-order valence-electron chi connectivity index (χ2n) is 8.35. The predicted molar refractivity (Wildman–Crippen MR) is 134 cm³/mol. The Morgan fingerprint density at radius 3 is 2.56 bits per heavy atom. The molecule has 0 atom stereocenters. The monoisotopic (exact) mass is 480 g/mol. The molecule has 2 heterocycles. The standard InChI is InChI=1S/C25H28N4O4S/c1-4-33-19-9-10-20-21(16-19)34-25(26-20)28(14-6-13-27(2)3)24(32)17-7-5-8-18(15-17)29-22(30)11-12-23(29)31/h5,7-10,15-16H,4,6,11-14H2,1-3H3. The van der Waals surface area contributed by atoms with Crippen molar-refractivity contribution in [3.05, 3.63) is 48.0 Å². The van der Waals surface area contributed by atoms with Crippen molar-refractivity contribution in [1.82, 2.24) is 9.88 Å². The molecule has 1 saturated heterocycles. The molecule has 8 nitrogen and oxygen atoms in total. The Balaban J connectivity index is 1.66. The van der Waals surface area contributed by atoms with Crippen molar-refractivity contribution < 1.29 is 19.1 Å². The molecule has 0 radical (unpaired) electrons. The molecule has 9 heteroatoms. The van der Waals surface area contributed by atoms with Crippen molar-refractivity contribution in [1.29, 1.82) is 0 Å². The first-order valence-corrected chi connectivity index (χ1v) is 12.1. The number of fused-ring (bicyclic) bond motifs is 1. The number of hydrogen-bond acceptors (Lipinski definition) is 7. The Labute approximate surface area is 202 Å². The fourth-order valence-corrected chi connectivity index (χ4v) is 4.91. The van der Waals surface area contributed by atoms with Crippen molar-refractivity contribution >= 4 is 50.1 Å². The van der Waals surface area contributed by atoms with E-state index in [0.29, 0.717) is 29.5 Å². The molecule has 0 unspecified atom stereocenters. The number of hydrogen-bond donors (Lipinski definition) is 0. The van der Waals surface area contributed by atoms with Crippen molar-refractivity contribution in [2.75, 3.05) is 43.6 Å². The first-order valence-electron chi connectivity index (χ1n) is 11.3. The summed E-state index contributed by atoms with van der Waals surface area (Å²) in [7, 11) is 3.99. The van der Waals surface area contributed by atoms with Gasteiger partial charge in [-0.05, 0) is 70.4 Å². The van der Waals surface area contributed by atoms with Crippen LogP contribution in [0.5, 0.6) is 5.75 Å². The van der Waals surface area contributed by atoms with E-state index in [2.05, 4.69) is 4.90 Å². The topological polar surface area (TPSA) is 83.1 Å². The van der Waals surface area contributed by atoms with Crippen LogP contribution in [0.4, 0.5) is 10.8 Å². The summed E-state index contributed by atoms with van der Waals surface area (Å²) >= 11 is 1.44. The minimum absolute atomic E-state index is 0.198. The number of aromatic nitrogens is 1. The van der Waals surface area contributed by atoms with E-state index in [0.717, 1.165) is 28.9 Å². The molecule has 1 aliphatic rings. The summed E-state index contributed by atoms with van der Waals surface area (Å²) in [5.41, 5.74) is 1.64. The zero-order valence-corrected chi connectivity index (χ0v) is 20.4. The molecule has 34 heavy (non-hydrogen) atoms. The number of carbonyl (C=O) groups excluding carboxylic acids is 3. The molecule has 0 bridgehead atoms. The van der Waals surface area contributed by atoms with E-state index < -0.39 is 0 Å². The Morgan fingerprint density at radius 1 is 1.09 bits per heavy atom. The molecule has 0 N–H and O–H groups in total. The Bertz CT molecular complexity index is 1210. The fraction of sp³-hybridized carbons (Fsp3) is 0.360. The van der Waals surface area contributed by atoms with Crippen LogP contribution in [-0.4, -0.2) is 61.4 Å². The molecule has 1 aliphatic heterocycles. The van der Waals surface area contributed by atoms with Crippen LogP contribution in [-0.2, 0) is 9.59 Å². The summed E-state index contributed by atoms with van der Waals surface area (Å²) in [4.78, 5) is 47.7. The Kier molecular flexibility index (Phi) is 7.23. The summed E-state index contributed by atoms with van der Waals surface area (Å²) in [6, 6.07) is 12.4. The second-order valence-corrected chi connectivity index (χ2v) is 9.35. The number of anilines is 2. The SMILES string of the molecule is CCOc1ccc2nc(N(CCCN(C)C)C(=O)c3cccc(N4C(=O)CCC4=O)c3)sc2c1. The van der Waals surface area contributed by atoms with Gasteiger partial charge in [0.1, 0.15) is 5.75 Å². The lowest BCUT2D eigenvalue weighted by Gasteiger charge is -2.22. The maximum Gasteiger partial charge on any atom is 0.260 e. The van der Waals surface area contributed by atoms with Gasteiger partial charge in [0.05, 0.1) is 22.5 Å². The van der Waals surface area contributed by atoms with Gasteiger partial charge in [-0.2, -0.15) is 0 Å². The highest BCUT2D eigenvalue weighted by Crippen LogP contribution is 2.33. The third-order valence-corrected chi connectivity index (χ3v) is 6.57. The third-order valence-electron chi connectivity index (χ3n) is 5.53. The van der Waals surface area contributed by atoms with E-state index in [4.69, 9.17) is 9.72 Å². The van der Waals surface area contributed by atoms with Gasteiger partial charge in [-0.1, -0.05) is 17.4 Å². The van der Waals surface area contributed by atoms with Crippen molar-refractivity contribution in [3.8, 4) is 5.75 Å². The predicted octanol–water partition coefficient (Wildman–Crippen LogP) is 3.95. The minimum atomic E-state index is -0.242. The maximum atomic E-state index is 13.7. The van der Waals surface area contributed by atoms with Crippen molar-refractivity contribution in [2.24, 2.45) is 0 Å². The highest BCUT2D eigenvalue weighted by Gasteiger charge is 2.31. The molecule has 3 amide bonds. The molecule has 2 aromatic carbocycles. The quantitative estimate of drug-likeness (QED) is 0.432. The fourth-order valence-electron chi connectivity index (χ4n) is 3.89. The minimum Gasteiger partial charge on any atom is -0.494 e. The number of ether oxygens (including phenoxy) is 1. The zero-order chi connectivity index (χ0) is 24.2. The van der Waals surface area contributed by atoms with Gasteiger partial charge < -0.3 is 9.64 Å². The lowest BCUT2D eigenvalue weighted by Crippen LogP contribution is -2.34. The van der Waals surface area contributed by atoms with Gasteiger partial charge in [0.25, 0.3) is 5.91 Å². The maximum absolute atomic E-state index is 13.7. The van der Waals surface area contributed by atoms with Crippen LogP contribution in [0.2, 0.25) is 0 Å². The average Bonchev–Trinajstić information content (AvgIpc) is 3.38. The highest BCUT2D eigenvalue weighted by molar-refractivity contribution is 7.22. The Morgan fingerprint density at radius 2 is 1.85 bits per heavy atom. The van der Waals surface area contributed by atoms with E-state index >= 15 is 0 Å². The third kappa shape index (κ3) is 5.10.